The highest BCUT2D eigenvalue weighted by Gasteiger charge is 2.18. The van der Waals surface area contributed by atoms with Crippen LogP contribution in [0.4, 0.5) is 21.0 Å². The smallest absolute Gasteiger partial charge is 0.411 e. The maximum absolute atomic E-state index is 12.2. The average molecular weight is 457 g/mol. The summed E-state index contributed by atoms with van der Waals surface area (Å²) in [6.45, 7) is 3.88. The van der Waals surface area contributed by atoms with Gasteiger partial charge in [0.05, 0.1) is 35.8 Å². The van der Waals surface area contributed by atoms with E-state index in [1.54, 1.807) is 26.0 Å². The molecule has 2 amide bonds. The zero-order chi connectivity index (χ0) is 23.9. The van der Waals surface area contributed by atoms with Crippen molar-refractivity contribution in [3.05, 3.63) is 72.8 Å². The predicted molar refractivity (Wildman–Crippen MR) is 132 cm³/mol. The van der Waals surface area contributed by atoms with Crippen LogP contribution in [0.2, 0.25) is 0 Å². The summed E-state index contributed by atoms with van der Waals surface area (Å²) < 4.78 is 10.0. The highest BCUT2D eigenvalue weighted by molar-refractivity contribution is 6.02. The summed E-state index contributed by atoms with van der Waals surface area (Å²) in [5.41, 5.74) is 4.81. The van der Waals surface area contributed by atoms with Crippen LogP contribution >= 0.6 is 0 Å². The van der Waals surface area contributed by atoms with Gasteiger partial charge in [-0.25, -0.2) is 19.6 Å². The molecule has 8 heteroatoms. The van der Waals surface area contributed by atoms with Gasteiger partial charge in [-0.3, -0.25) is 10.6 Å². The minimum absolute atomic E-state index is 0.212. The number of hydrogen-bond acceptors (Lipinski definition) is 6. The summed E-state index contributed by atoms with van der Waals surface area (Å²) in [6, 6.07) is 22.7. The first-order valence-electron chi connectivity index (χ1n) is 10.9. The summed E-state index contributed by atoms with van der Waals surface area (Å²) in [6.07, 6.45) is -1.24. The lowest BCUT2D eigenvalue weighted by molar-refractivity contribution is 0.167. The number of ether oxygens (including phenoxy) is 2. The Bertz CT molecular complexity index is 1310. The van der Waals surface area contributed by atoms with Crippen LogP contribution in [0.25, 0.3) is 33.5 Å². The van der Waals surface area contributed by atoms with Crippen molar-refractivity contribution in [3.8, 4) is 22.5 Å². The van der Waals surface area contributed by atoms with E-state index in [4.69, 9.17) is 19.4 Å². The third-order valence-corrected chi connectivity index (χ3v) is 4.90. The lowest BCUT2D eigenvalue weighted by Crippen LogP contribution is -2.16. The molecule has 0 aliphatic heterocycles. The summed E-state index contributed by atoms with van der Waals surface area (Å²) in [7, 11) is 0. The Labute approximate surface area is 197 Å². The van der Waals surface area contributed by atoms with E-state index in [1.807, 2.05) is 60.7 Å². The van der Waals surface area contributed by atoms with Crippen molar-refractivity contribution >= 4 is 34.6 Å². The standard InChI is InChI=1S/C26H24N4O4/c1-3-33-25(31)27-19-15-20-24(21(16-19)29-26(32)34-4-2)30-23(18-13-9-6-10-14-18)22(28-20)17-11-7-5-8-12-17/h5-16H,3-4H2,1-2H3,(H,27,31)(H,29,32). The maximum atomic E-state index is 12.2. The van der Waals surface area contributed by atoms with E-state index in [-0.39, 0.29) is 13.2 Å². The second kappa shape index (κ2) is 10.4. The first-order valence-corrected chi connectivity index (χ1v) is 10.9. The maximum Gasteiger partial charge on any atom is 0.411 e. The molecule has 0 aliphatic rings. The topological polar surface area (TPSA) is 102 Å². The van der Waals surface area contributed by atoms with Crippen LogP contribution in [0.5, 0.6) is 0 Å². The van der Waals surface area contributed by atoms with Crippen molar-refractivity contribution in [3.63, 3.8) is 0 Å². The third-order valence-electron chi connectivity index (χ3n) is 4.90. The second-order valence-corrected chi connectivity index (χ2v) is 7.24. The average Bonchev–Trinajstić information content (AvgIpc) is 2.84. The molecule has 8 nitrogen and oxygen atoms in total. The van der Waals surface area contributed by atoms with Crippen LogP contribution < -0.4 is 10.6 Å². The van der Waals surface area contributed by atoms with Gasteiger partial charge in [-0.2, -0.15) is 0 Å². The molecule has 172 valence electrons. The van der Waals surface area contributed by atoms with Crippen LogP contribution in [-0.2, 0) is 9.47 Å². The lowest BCUT2D eigenvalue weighted by atomic mass is 10.0. The normalized spacial score (nSPS) is 10.5. The van der Waals surface area contributed by atoms with Crippen molar-refractivity contribution in [2.75, 3.05) is 23.8 Å². The van der Waals surface area contributed by atoms with Gasteiger partial charge >= 0.3 is 12.2 Å². The number of amides is 2. The molecule has 4 aromatic rings. The van der Waals surface area contributed by atoms with E-state index in [0.29, 0.717) is 33.8 Å². The zero-order valence-corrected chi connectivity index (χ0v) is 18.9. The number of benzene rings is 3. The summed E-state index contributed by atoms with van der Waals surface area (Å²) >= 11 is 0. The minimum Gasteiger partial charge on any atom is -0.450 e. The Morgan fingerprint density at radius 1 is 0.735 bits per heavy atom. The van der Waals surface area contributed by atoms with Crippen LogP contribution in [0.1, 0.15) is 13.8 Å². The molecule has 0 bridgehead atoms. The molecule has 0 saturated carbocycles. The van der Waals surface area contributed by atoms with Gasteiger partial charge in [-0.05, 0) is 26.0 Å². The number of anilines is 2. The molecule has 34 heavy (non-hydrogen) atoms. The molecule has 0 aliphatic carbocycles. The minimum atomic E-state index is -0.632. The molecular weight excluding hydrogens is 432 g/mol. The van der Waals surface area contributed by atoms with Crippen molar-refractivity contribution < 1.29 is 19.1 Å². The monoisotopic (exact) mass is 456 g/mol. The molecular formula is C26H24N4O4. The number of aromatic nitrogens is 2. The van der Waals surface area contributed by atoms with Crippen molar-refractivity contribution in [1.29, 1.82) is 0 Å². The molecule has 2 N–H and O–H groups in total. The Morgan fingerprint density at radius 3 is 1.82 bits per heavy atom. The van der Waals surface area contributed by atoms with E-state index >= 15 is 0 Å². The number of hydrogen-bond donors (Lipinski definition) is 2. The predicted octanol–water partition coefficient (Wildman–Crippen LogP) is 6.10. The fourth-order valence-electron chi connectivity index (χ4n) is 3.48. The Kier molecular flexibility index (Phi) is 6.98. The van der Waals surface area contributed by atoms with Gasteiger partial charge in [0.1, 0.15) is 5.52 Å². The van der Waals surface area contributed by atoms with E-state index in [1.165, 1.54) is 0 Å². The summed E-state index contributed by atoms with van der Waals surface area (Å²) in [5.74, 6) is 0. The highest BCUT2D eigenvalue weighted by atomic mass is 16.6. The van der Waals surface area contributed by atoms with Gasteiger partial charge in [0.15, 0.2) is 0 Å². The van der Waals surface area contributed by atoms with E-state index in [2.05, 4.69) is 10.6 Å². The molecule has 1 aromatic heterocycles. The summed E-state index contributed by atoms with van der Waals surface area (Å²) in [4.78, 5) is 34.1. The molecule has 0 radical (unpaired) electrons. The Hall–Kier alpha value is -4.46. The second-order valence-electron chi connectivity index (χ2n) is 7.24. The number of fused-ring (bicyclic) bond motifs is 1. The third kappa shape index (κ3) is 5.12. The molecule has 0 spiro atoms. The van der Waals surface area contributed by atoms with Crippen LogP contribution in [0.15, 0.2) is 72.8 Å². The van der Waals surface area contributed by atoms with Gasteiger partial charge < -0.3 is 9.47 Å². The molecule has 0 saturated heterocycles. The van der Waals surface area contributed by atoms with Crippen molar-refractivity contribution in [2.45, 2.75) is 13.8 Å². The van der Waals surface area contributed by atoms with Gasteiger partial charge in [-0.1, -0.05) is 60.7 Å². The van der Waals surface area contributed by atoms with E-state index in [9.17, 15) is 9.59 Å². The Morgan fingerprint density at radius 2 is 1.26 bits per heavy atom. The largest absolute Gasteiger partial charge is 0.450 e. The van der Waals surface area contributed by atoms with E-state index < -0.39 is 12.2 Å². The van der Waals surface area contributed by atoms with Crippen LogP contribution in [0.3, 0.4) is 0 Å². The fraction of sp³-hybridized carbons (Fsp3) is 0.154. The quantitative estimate of drug-likeness (QED) is 0.363. The lowest BCUT2D eigenvalue weighted by Gasteiger charge is -2.15. The van der Waals surface area contributed by atoms with Crippen molar-refractivity contribution in [1.82, 2.24) is 9.97 Å². The molecule has 3 aromatic carbocycles. The summed E-state index contributed by atoms with van der Waals surface area (Å²) in [5, 5.41) is 5.38. The Balaban J connectivity index is 1.94. The number of carbonyl (C=O) groups excluding carboxylic acids is 2. The highest BCUT2D eigenvalue weighted by Crippen LogP contribution is 2.34. The molecule has 0 unspecified atom stereocenters. The molecule has 1 heterocycles. The van der Waals surface area contributed by atoms with Gasteiger partial charge in [-0.15, -0.1) is 0 Å². The van der Waals surface area contributed by atoms with E-state index in [0.717, 1.165) is 11.1 Å². The SMILES string of the molecule is CCOC(=O)Nc1cc(NC(=O)OCC)c2nc(-c3ccccc3)c(-c3ccccc3)nc2c1. The van der Waals surface area contributed by atoms with Crippen LogP contribution in [-0.4, -0.2) is 35.4 Å². The van der Waals surface area contributed by atoms with Gasteiger partial charge in [0, 0.05) is 16.8 Å². The number of rotatable bonds is 6. The first-order chi connectivity index (χ1) is 16.6. The van der Waals surface area contributed by atoms with Gasteiger partial charge in [0.2, 0.25) is 0 Å². The molecule has 4 rings (SSSR count). The van der Waals surface area contributed by atoms with Gasteiger partial charge in [0.25, 0.3) is 0 Å². The molecule has 0 atom stereocenters. The number of carbonyl (C=O) groups is 2. The van der Waals surface area contributed by atoms with Crippen LogP contribution in [0, 0.1) is 0 Å². The number of nitrogens with one attached hydrogen (secondary N) is 2. The zero-order valence-electron chi connectivity index (χ0n) is 18.9. The molecule has 0 fully saturated rings. The fourth-order valence-corrected chi connectivity index (χ4v) is 3.48. The first kappa shape index (κ1) is 22.7. The number of nitrogens with zero attached hydrogens (tertiary/aromatic N) is 2. The van der Waals surface area contributed by atoms with Crippen molar-refractivity contribution in [2.24, 2.45) is 0 Å².